The third-order valence-corrected chi connectivity index (χ3v) is 3.35. The van der Waals surface area contributed by atoms with Gasteiger partial charge in [0.2, 0.25) is 0 Å². The van der Waals surface area contributed by atoms with Crippen LogP contribution in [0, 0.1) is 10.1 Å². The molecule has 0 saturated heterocycles. The van der Waals surface area contributed by atoms with Crippen LogP contribution in [0.3, 0.4) is 0 Å². The van der Waals surface area contributed by atoms with E-state index in [-0.39, 0.29) is 10.7 Å². The third-order valence-electron chi connectivity index (χ3n) is 2.82. The highest BCUT2D eigenvalue weighted by Crippen LogP contribution is 2.27. The average molecular weight is 352 g/mol. The van der Waals surface area contributed by atoms with E-state index in [9.17, 15) is 10.1 Å². The summed E-state index contributed by atoms with van der Waals surface area (Å²) >= 11 is 11.0. The molecular formula is C15H14ClN3O3S. The van der Waals surface area contributed by atoms with Crippen LogP contribution in [0.15, 0.2) is 42.5 Å². The number of anilines is 2. The van der Waals surface area contributed by atoms with E-state index in [0.29, 0.717) is 17.4 Å². The summed E-state index contributed by atoms with van der Waals surface area (Å²) in [6.07, 6.45) is 0. The van der Waals surface area contributed by atoms with Gasteiger partial charge in [-0.15, -0.1) is 0 Å². The minimum absolute atomic E-state index is 0.0749. The molecular weight excluding hydrogens is 338 g/mol. The summed E-state index contributed by atoms with van der Waals surface area (Å²) in [6, 6.07) is 11.7. The quantitative estimate of drug-likeness (QED) is 0.470. The molecule has 0 aliphatic carbocycles. The SMILES string of the molecule is CCOc1ccc(NC(=S)Nc2ccc(Cl)c([N+](=O)[O-])c2)cc1. The molecule has 2 aromatic rings. The van der Waals surface area contributed by atoms with E-state index < -0.39 is 4.92 Å². The standard InChI is InChI=1S/C15H14ClN3O3S/c1-2-22-12-6-3-10(4-7-12)17-15(23)18-11-5-8-13(16)14(9-11)19(20)21/h3-9H,2H2,1H3,(H2,17,18,23). The van der Waals surface area contributed by atoms with Gasteiger partial charge in [0.05, 0.1) is 11.5 Å². The maximum absolute atomic E-state index is 10.9. The number of hydrogen-bond acceptors (Lipinski definition) is 4. The fourth-order valence-electron chi connectivity index (χ4n) is 1.82. The van der Waals surface area contributed by atoms with Gasteiger partial charge in [0.1, 0.15) is 10.8 Å². The summed E-state index contributed by atoms with van der Waals surface area (Å²) in [5.74, 6) is 0.769. The first kappa shape index (κ1) is 17.0. The maximum atomic E-state index is 10.9. The average Bonchev–Trinajstić information content (AvgIpc) is 2.51. The van der Waals surface area contributed by atoms with E-state index in [1.54, 1.807) is 6.07 Å². The van der Waals surface area contributed by atoms with Crippen molar-refractivity contribution >= 4 is 46.0 Å². The zero-order chi connectivity index (χ0) is 16.8. The van der Waals surface area contributed by atoms with Crippen molar-refractivity contribution in [3.05, 3.63) is 57.6 Å². The van der Waals surface area contributed by atoms with Gasteiger partial charge < -0.3 is 15.4 Å². The molecule has 0 bridgehead atoms. The van der Waals surface area contributed by atoms with Gasteiger partial charge in [-0.2, -0.15) is 0 Å². The number of hydrogen-bond donors (Lipinski definition) is 2. The normalized spacial score (nSPS) is 10.0. The van der Waals surface area contributed by atoms with Crippen molar-refractivity contribution in [2.75, 3.05) is 17.2 Å². The van der Waals surface area contributed by atoms with Crippen LogP contribution in [-0.4, -0.2) is 16.6 Å². The number of nitrogens with one attached hydrogen (secondary N) is 2. The Hall–Kier alpha value is -2.38. The Morgan fingerprint density at radius 1 is 1.22 bits per heavy atom. The smallest absolute Gasteiger partial charge is 0.289 e. The van der Waals surface area contributed by atoms with Crippen LogP contribution in [0.1, 0.15) is 6.92 Å². The first-order valence-corrected chi connectivity index (χ1v) is 7.53. The van der Waals surface area contributed by atoms with E-state index in [1.807, 2.05) is 31.2 Å². The molecule has 0 amide bonds. The lowest BCUT2D eigenvalue weighted by Gasteiger charge is -2.11. The van der Waals surface area contributed by atoms with Crippen LogP contribution in [0.5, 0.6) is 5.75 Å². The number of nitrogens with zero attached hydrogens (tertiary/aromatic N) is 1. The minimum atomic E-state index is -0.545. The molecule has 2 rings (SSSR count). The van der Waals surface area contributed by atoms with E-state index in [4.69, 9.17) is 28.6 Å². The fraction of sp³-hybridized carbons (Fsp3) is 0.133. The third kappa shape index (κ3) is 4.80. The molecule has 2 aromatic carbocycles. The van der Waals surface area contributed by atoms with Gasteiger partial charge in [-0.1, -0.05) is 11.6 Å². The lowest BCUT2D eigenvalue weighted by atomic mass is 10.3. The Morgan fingerprint density at radius 2 is 1.83 bits per heavy atom. The van der Waals surface area contributed by atoms with Crippen LogP contribution >= 0.6 is 23.8 Å². The van der Waals surface area contributed by atoms with Gasteiger partial charge in [-0.25, -0.2) is 0 Å². The predicted molar refractivity (Wildman–Crippen MR) is 95.6 cm³/mol. The Labute approximate surface area is 143 Å². The molecule has 0 unspecified atom stereocenters. The van der Waals surface area contributed by atoms with E-state index in [0.717, 1.165) is 11.4 Å². The number of thiocarbonyl (C=S) groups is 1. The monoisotopic (exact) mass is 351 g/mol. The lowest BCUT2D eigenvalue weighted by Crippen LogP contribution is -2.19. The zero-order valence-electron chi connectivity index (χ0n) is 12.2. The fourth-order valence-corrected chi connectivity index (χ4v) is 2.25. The summed E-state index contributed by atoms with van der Waals surface area (Å²) in [7, 11) is 0. The van der Waals surface area contributed by atoms with Gasteiger partial charge in [0, 0.05) is 17.4 Å². The molecule has 120 valence electrons. The molecule has 2 N–H and O–H groups in total. The molecule has 0 spiro atoms. The highest BCUT2D eigenvalue weighted by atomic mass is 35.5. The Balaban J connectivity index is 2.02. The second kappa shape index (κ2) is 7.75. The highest BCUT2D eigenvalue weighted by Gasteiger charge is 2.13. The Kier molecular flexibility index (Phi) is 5.72. The summed E-state index contributed by atoms with van der Waals surface area (Å²) in [6.45, 7) is 2.51. The van der Waals surface area contributed by atoms with Crippen molar-refractivity contribution in [2.45, 2.75) is 6.92 Å². The van der Waals surface area contributed by atoms with Gasteiger partial charge in [0.15, 0.2) is 5.11 Å². The predicted octanol–water partition coefficient (Wildman–Crippen LogP) is 4.46. The van der Waals surface area contributed by atoms with Crippen LogP contribution in [0.2, 0.25) is 5.02 Å². The molecule has 23 heavy (non-hydrogen) atoms. The summed E-state index contributed by atoms with van der Waals surface area (Å²) in [4.78, 5) is 10.3. The second-order valence-corrected chi connectivity index (χ2v) is 5.28. The van der Waals surface area contributed by atoms with Crippen molar-refractivity contribution in [1.29, 1.82) is 0 Å². The summed E-state index contributed by atoms with van der Waals surface area (Å²) < 4.78 is 5.36. The van der Waals surface area contributed by atoms with Crippen molar-refractivity contribution in [2.24, 2.45) is 0 Å². The number of nitro benzene ring substituents is 1. The maximum Gasteiger partial charge on any atom is 0.289 e. The first-order valence-electron chi connectivity index (χ1n) is 6.74. The minimum Gasteiger partial charge on any atom is -0.494 e. The van der Waals surface area contributed by atoms with Gasteiger partial charge >= 0.3 is 0 Å². The van der Waals surface area contributed by atoms with Crippen LogP contribution in [0.25, 0.3) is 0 Å². The number of benzene rings is 2. The van der Waals surface area contributed by atoms with Crippen molar-refractivity contribution in [1.82, 2.24) is 0 Å². The first-order chi connectivity index (χ1) is 11.0. The molecule has 0 heterocycles. The highest BCUT2D eigenvalue weighted by molar-refractivity contribution is 7.80. The second-order valence-electron chi connectivity index (χ2n) is 4.46. The van der Waals surface area contributed by atoms with Crippen LogP contribution in [-0.2, 0) is 0 Å². The summed E-state index contributed by atoms with van der Waals surface area (Å²) in [5.41, 5.74) is 1.07. The van der Waals surface area contributed by atoms with Gasteiger partial charge in [0.25, 0.3) is 5.69 Å². The largest absolute Gasteiger partial charge is 0.494 e. The molecule has 0 aliphatic rings. The summed E-state index contributed by atoms with van der Waals surface area (Å²) in [5, 5.41) is 17.1. The number of nitro groups is 1. The number of ether oxygens (including phenoxy) is 1. The molecule has 0 radical (unpaired) electrons. The van der Waals surface area contributed by atoms with Gasteiger partial charge in [-0.3, -0.25) is 10.1 Å². The van der Waals surface area contributed by atoms with Crippen molar-refractivity contribution < 1.29 is 9.66 Å². The molecule has 0 aliphatic heterocycles. The molecule has 6 nitrogen and oxygen atoms in total. The topological polar surface area (TPSA) is 76.4 Å². The van der Waals surface area contributed by atoms with Crippen LogP contribution < -0.4 is 15.4 Å². The number of rotatable bonds is 5. The van der Waals surface area contributed by atoms with Gasteiger partial charge in [-0.05, 0) is 55.5 Å². The van der Waals surface area contributed by atoms with E-state index in [2.05, 4.69) is 10.6 Å². The number of halogens is 1. The van der Waals surface area contributed by atoms with Crippen LogP contribution in [0.4, 0.5) is 17.1 Å². The zero-order valence-corrected chi connectivity index (χ0v) is 13.8. The molecule has 0 fully saturated rings. The van der Waals surface area contributed by atoms with E-state index in [1.165, 1.54) is 12.1 Å². The van der Waals surface area contributed by atoms with Crippen molar-refractivity contribution in [3.8, 4) is 5.75 Å². The molecule has 8 heteroatoms. The van der Waals surface area contributed by atoms with E-state index >= 15 is 0 Å². The lowest BCUT2D eigenvalue weighted by molar-refractivity contribution is -0.384. The Bertz CT molecular complexity index is 722. The molecule has 0 aromatic heterocycles. The van der Waals surface area contributed by atoms with Crippen molar-refractivity contribution in [3.63, 3.8) is 0 Å². The molecule has 0 atom stereocenters. The Morgan fingerprint density at radius 3 is 2.43 bits per heavy atom. The molecule has 0 saturated carbocycles.